The van der Waals surface area contributed by atoms with E-state index >= 15 is 0 Å². The number of aliphatic hydroxyl groups is 1. The second-order valence-corrected chi connectivity index (χ2v) is 10.8. The Morgan fingerprint density at radius 2 is 1.86 bits per heavy atom. The van der Waals surface area contributed by atoms with Gasteiger partial charge in [-0.3, -0.25) is 0 Å². The molecule has 0 aliphatic heterocycles. The molecule has 3 aliphatic carbocycles. The van der Waals surface area contributed by atoms with Crippen LogP contribution in [0.5, 0.6) is 0 Å². The third kappa shape index (κ3) is 4.66. The van der Waals surface area contributed by atoms with Crippen molar-refractivity contribution >= 4 is 0 Å². The molecule has 0 heterocycles. The first kappa shape index (κ1) is 21.9. The van der Waals surface area contributed by atoms with Crippen LogP contribution in [0.1, 0.15) is 98.3 Å². The second kappa shape index (κ2) is 9.33. The largest absolute Gasteiger partial charge is 0.388 e. The van der Waals surface area contributed by atoms with Crippen LogP contribution in [0, 0.1) is 29.1 Å². The molecule has 0 saturated heterocycles. The molecule has 0 unspecified atom stereocenters. The molecule has 158 valence electrons. The summed E-state index contributed by atoms with van der Waals surface area (Å²) in [6.45, 7) is 14.0. The maximum absolute atomic E-state index is 10.1. The lowest BCUT2D eigenvalue weighted by Gasteiger charge is -2.44. The molecule has 0 amide bonds. The van der Waals surface area contributed by atoms with Gasteiger partial charge in [0.15, 0.2) is 0 Å². The van der Waals surface area contributed by atoms with Crippen molar-refractivity contribution in [2.75, 3.05) is 0 Å². The maximum Gasteiger partial charge on any atom is 0.0787 e. The highest BCUT2D eigenvalue weighted by Crippen LogP contribution is 2.59. The number of allylic oxidation sites excluding steroid dienone is 3. The van der Waals surface area contributed by atoms with Crippen molar-refractivity contribution in [3.8, 4) is 0 Å². The third-order valence-electron chi connectivity index (χ3n) is 8.40. The molecule has 3 saturated carbocycles. The molecule has 0 radical (unpaired) electrons. The molecular formula is C27H44O. The van der Waals surface area contributed by atoms with Crippen LogP contribution in [0.25, 0.3) is 0 Å². The lowest BCUT2D eigenvalue weighted by Crippen LogP contribution is -2.36. The van der Waals surface area contributed by atoms with E-state index < -0.39 is 0 Å². The predicted molar refractivity (Wildman–Crippen MR) is 121 cm³/mol. The zero-order valence-corrected chi connectivity index (χ0v) is 19.0. The molecule has 0 aromatic rings. The van der Waals surface area contributed by atoms with Gasteiger partial charge in [0.1, 0.15) is 0 Å². The molecule has 5 atom stereocenters. The molecule has 28 heavy (non-hydrogen) atoms. The van der Waals surface area contributed by atoms with Crippen molar-refractivity contribution in [1.82, 2.24) is 0 Å². The lowest BCUT2D eigenvalue weighted by atomic mass is 9.60. The van der Waals surface area contributed by atoms with Gasteiger partial charge in [-0.1, -0.05) is 71.3 Å². The molecule has 3 fully saturated rings. The van der Waals surface area contributed by atoms with Crippen LogP contribution in [-0.2, 0) is 0 Å². The summed E-state index contributed by atoms with van der Waals surface area (Å²) in [7, 11) is 0. The molecule has 0 spiro atoms. The number of hydrogen-bond acceptors (Lipinski definition) is 1. The third-order valence-corrected chi connectivity index (χ3v) is 8.40. The maximum atomic E-state index is 10.1. The van der Waals surface area contributed by atoms with Crippen molar-refractivity contribution in [2.24, 2.45) is 29.1 Å². The van der Waals surface area contributed by atoms with E-state index in [9.17, 15) is 5.11 Å². The van der Waals surface area contributed by atoms with E-state index in [-0.39, 0.29) is 6.10 Å². The van der Waals surface area contributed by atoms with Gasteiger partial charge in [0.25, 0.3) is 0 Å². The molecule has 3 aliphatic rings. The quantitative estimate of drug-likeness (QED) is 0.499. The fourth-order valence-corrected chi connectivity index (χ4v) is 6.70. The highest BCUT2D eigenvalue weighted by molar-refractivity contribution is 5.37. The van der Waals surface area contributed by atoms with Gasteiger partial charge in [-0.05, 0) is 91.6 Å². The van der Waals surface area contributed by atoms with Gasteiger partial charge in [-0.15, -0.1) is 0 Å². The standard InChI is InChI=1S/C27H44O/c1-19(2)9-6-10-20(3)24-16-17-25-23(12-8-18-27(24,25)5)15-14-22-11-7-13-26(28)21(22)4/h14-15,19-20,24-26,28H,4,6-13,16-18H2,1-3,5H3/b22-14-,23-15+/t20-,24-,25+,26-,27-/m1/s1. The Morgan fingerprint density at radius 1 is 1.07 bits per heavy atom. The van der Waals surface area contributed by atoms with E-state index in [0.29, 0.717) is 5.41 Å². The van der Waals surface area contributed by atoms with Crippen LogP contribution in [0.2, 0.25) is 0 Å². The Balaban J connectivity index is 1.70. The van der Waals surface area contributed by atoms with Crippen molar-refractivity contribution < 1.29 is 5.11 Å². The molecular weight excluding hydrogens is 340 g/mol. The fraction of sp³-hybridized carbons (Fsp3) is 0.778. The van der Waals surface area contributed by atoms with Crippen LogP contribution in [0.15, 0.2) is 35.5 Å². The zero-order chi connectivity index (χ0) is 20.3. The van der Waals surface area contributed by atoms with Gasteiger partial charge in [0.2, 0.25) is 0 Å². The zero-order valence-electron chi connectivity index (χ0n) is 19.0. The summed E-state index contributed by atoms with van der Waals surface area (Å²) in [5, 5.41) is 10.1. The van der Waals surface area contributed by atoms with Gasteiger partial charge >= 0.3 is 0 Å². The van der Waals surface area contributed by atoms with Gasteiger partial charge < -0.3 is 5.11 Å². The van der Waals surface area contributed by atoms with Crippen LogP contribution in [0.4, 0.5) is 0 Å². The van der Waals surface area contributed by atoms with Crippen LogP contribution in [0.3, 0.4) is 0 Å². The summed E-state index contributed by atoms with van der Waals surface area (Å²) in [6.07, 6.45) is 18.5. The number of rotatable bonds is 6. The van der Waals surface area contributed by atoms with Crippen molar-refractivity contribution in [3.63, 3.8) is 0 Å². The summed E-state index contributed by atoms with van der Waals surface area (Å²) in [5.74, 6) is 3.37. The van der Waals surface area contributed by atoms with Crippen LogP contribution < -0.4 is 0 Å². The molecule has 1 heteroatoms. The molecule has 0 aromatic carbocycles. The van der Waals surface area contributed by atoms with E-state index in [1.54, 1.807) is 5.57 Å². The smallest absolute Gasteiger partial charge is 0.0787 e. The van der Waals surface area contributed by atoms with Gasteiger partial charge in [-0.25, -0.2) is 0 Å². The lowest BCUT2D eigenvalue weighted by molar-refractivity contribution is 0.0929. The minimum absolute atomic E-state index is 0.322. The molecule has 3 rings (SSSR count). The summed E-state index contributed by atoms with van der Waals surface area (Å²) >= 11 is 0. The average molecular weight is 385 g/mol. The topological polar surface area (TPSA) is 20.2 Å². The number of hydrogen-bond donors (Lipinski definition) is 1. The molecule has 1 nitrogen and oxygen atoms in total. The Morgan fingerprint density at radius 3 is 2.61 bits per heavy atom. The van der Waals surface area contributed by atoms with Crippen LogP contribution >= 0.6 is 0 Å². The Labute approximate surface area is 174 Å². The first-order valence-corrected chi connectivity index (χ1v) is 12.1. The van der Waals surface area contributed by atoms with E-state index in [4.69, 9.17) is 0 Å². The van der Waals surface area contributed by atoms with Gasteiger partial charge in [-0.2, -0.15) is 0 Å². The monoisotopic (exact) mass is 384 g/mol. The highest BCUT2D eigenvalue weighted by Gasteiger charge is 2.50. The van der Waals surface area contributed by atoms with Crippen molar-refractivity contribution in [3.05, 3.63) is 35.5 Å². The highest BCUT2D eigenvalue weighted by atomic mass is 16.3. The molecule has 0 aromatic heterocycles. The number of fused-ring (bicyclic) bond motifs is 1. The van der Waals surface area contributed by atoms with E-state index in [0.717, 1.165) is 48.5 Å². The van der Waals surface area contributed by atoms with E-state index in [1.807, 2.05) is 0 Å². The Kier molecular flexibility index (Phi) is 7.29. The number of aliphatic hydroxyl groups excluding tert-OH is 1. The predicted octanol–water partition coefficient (Wildman–Crippen LogP) is 7.62. The van der Waals surface area contributed by atoms with Crippen molar-refractivity contribution in [1.29, 1.82) is 0 Å². The van der Waals surface area contributed by atoms with E-state index in [1.165, 1.54) is 56.9 Å². The SMILES string of the molecule is C=C1/C(=C\C=C2/CCC[C@]3(C)[C@@H]([C@H](C)CCCC(C)C)CC[C@@H]23)CCC[C@H]1O. The van der Waals surface area contributed by atoms with Crippen LogP contribution in [-0.4, -0.2) is 11.2 Å². The molecule has 1 N–H and O–H groups in total. The average Bonchev–Trinajstić information content (AvgIpc) is 3.00. The van der Waals surface area contributed by atoms with Gasteiger partial charge in [0, 0.05) is 0 Å². The van der Waals surface area contributed by atoms with E-state index in [2.05, 4.69) is 46.4 Å². The second-order valence-electron chi connectivity index (χ2n) is 10.8. The Bertz CT molecular complexity index is 610. The molecule has 0 bridgehead atoms. The minimum Gasteiger partial charge on any atom is -0.388 e. The summed E-state index contributed by atoms with van der Waals surface area (Å²) in [5.41, 5.74) is 4.44. The first-order valence-electron chi connectivity index (χ1n) is 12.1. The fourth-order valence-electron chi connectivity index (χ4n) is 6.70. The Hall–Kier alpha value is -0.820. The normalized spacial score (nSPS) is 37.6. The minimum atomic E-state index is -0.322. The van der Waals surface area contributed by atoms with Crippen molar-refractivity contribution in [2.45, 2.75) is 104 Å². The first-order chi connectivity index (χ1) is 13.3. The summed E-state index contributed by atoms with van der Waals surface area (Å²) < 4.78 is 0. The van der Waals surface area contributed by atoms with Gasteiger partial charge in [0.05, 0.1) is 6.10 Å². The summed E-state index contributed by atoms with van der Waals surface area (Å²) in [4.78, 5) is 0. The summed E-state index contributed by atoms with van der Waals surface area (Å²) in [6, 6.07) is 0.